The number of nitrogens with one attached hydrogen (secondary N) is 1. The number of ether oxygens (including phenoxy) is 2. The lowest BCUT2D eigenvalue weighted by Crippen LogP contribution is -2.37. The molecule has 0 amide bonds. The van der Waals surface area contributed by atoms with Crippen molar-refractivity contribution >= 4 is 5.78 Å². The lowest BCUT2D eigenvalue weighted by Gasteiger charge is -2.17. The third-order valence-electron chi connectivity index (χ3n) is 2.91. The largest absolute Gasteiger partial charge is 0.369 e. The normalized spacial score (nSPS) is 27.7. The average molecular weight is 254 g/mol. The summed E-state index contributed by atoms with van der Waals surface area (Å²) in [4.78, 5) is 36.6. The Morgan fingerprint density at radius 2 is 2.17 bits per heavy atom. The van der Waals surface area contributed by atoms with Crippen molar-refractivity contribution in [3.63, 3.8) is 0 Å². The Kier molecular flexibility index (Phi) is 3.44. The second-order valence-corrected chi connectivity index (χ2v) is 4.00. The number of Topliss-reactive ketones (excluding diaryl/α,β-unsaturated/α-hetero) is 1. The van der Waals surface area contributed by atoms with E-state index >= 15 is 0 Å². The Bertz CT molecular complexity index is 561. The maximum atomic E-state index is 11.9. The van der Waals surface area contributed by atoms with Crippen molar-refractivity contribution in [1.82, 2.24) is 9.55 Å². The van der Waals surface area contributed by atoms with Gasteiger partial charge in [0, 0.05) is 19.4 Å². The van der Waals surface area contributed by atoms with Gasteiger partial charge in [-0.3, -0.25) is 19.1 Å². The highest BCUT2D eigenvalue weighted by atomic mass is 16.6. The second-order valence-electron chi connectivity index (χ2n) is 4.00. The standard InChI is InChI=1S/C11H14N2O5/c1-3-6-8(15)9(17-2)10(18-6)13-5-4-7(14)12-11(13)16/h4-6,9-10H,3H2,1-2H3,(H,12,14,16)/t6-,9-,10-/m1/s1. The lowest BCUT2D eigenvalue weighted by molar-refractivity contribution is -0.128. The van der Waals surface area contributed by atoms with Gasteiger partial charge in [-0.05, 0) is 6.42 Å². The molecule has 3 atom stereocenters. The highest BCUT2D eigenvalue weighted by Crippen LogP contribution is 2.28. The van der Waals surface area contributed by atoms with Crippen LogP contribution in [0.15, 0.2) is 21.9 Å². The molecule has 1 aromatic rings. The lowest BCUT2D eigenvalue weighted by atomic mass is 10.1. The van der Waals surface area contributed by atoms with Gasteiger partial charge in [-0.15, -0.1) is 0 Å². The first-order valence-corrected chi connectivity index (χ1v) is 5.62. The molecule has 0 unspecified atom stereocenters. The molecule has 0 radical (unpaired) electrons. The first-order valence-electron chi connectivity index (χ1n) is 5.62. The topological polar surface area (TPSA) is 90.4 Å². The van der Waals surface area contributed by atoms with Crippen molar-refractivity contribution in [2.45, 2.75) is 31.8 Å². The molecule has 7 heteroatoms. The third-order valence-corrected chi connectivity index (χ3v) is 2.91. The van der Waals surface area contributed by atoms with E-state index in [2.05, 4.69) is 4.98 Å². The molecule has 98 valence electrons. The van der Waals surface area contributed by atoms with Gasteiger partial charge in [-0.1, -0.05) is 6.92 Å². The fourth-order valence-electron chi connectivity index (χ4n) is 2.00. The number of carbonyl (C=O) groups excluding carboxylic acids is 1. The van der Waals surface area contributed by atoms with Crippen LogP contribution in [0.3, 0.4) is 0 Å². The van der Waals surface area contributed by atoms with E-state index in [1.54, 1.807) is 0 Å². The molecule has 2 rings (SSSR count). The van der Waals surface area contributed by atoms with Gasteiger partial charge in [0.15, 0.2) is 18.1 Å². The Hall–Kier alpha value is -1.73. The van der Waals surface area contributed by atoms with Gasteiger partial charge >= 0.3 is 5.69 Å². The van der Waals surface area contributed by atoms with Gasteiger partial charge in [0.2, 0.25) is 0 Å². The van der Waals surface area contributed by atoms with E-state index in [1.807, 2.05) is 6.92 Å². The first kappa shape index (κ1) is 12.7. The van der Waals surface area contributed by atoms with E-state index in [0.29, 0.717) is 6.42 Å². The number of aromatic amines is 1. The quantitative estimate of drug-likeness (QED) is 0.780. The van der Waals surface area contributed by atoms with Crippen LogP contribution < -0.4 is 11.2 Å². The summed E-state index contributed by atoms with van der Waals surface area (Å²) < 4.78 is 11.7. The Morgan fingerprint density at radius 3 is 2.72 bits per heavy atom. The van der Waals surface area contributed by atoms with E-state index in [0.717, 1.165) is 4.57 Å². The number of nitrogens with zero attached hydrogens (tertiary/aromatic N) is 1. The minimum Gasteiger partial charge on any atom is -0.369 e. The Balaban J connectivity index is 2.41. The van der Waals surface area contributed by atoms with Crippen LogP contribution in [0, 0.1) is 0 Å². The zero-order chi connectivity index (χ0) is 13.3. The van der Waals surface area contributed by atoms with Crippen LogP contribution in [0.5, 0.6) is 0 Å². The maximum absolute atomic E-state index is 11.9. The molecule has 1 N–H and O–H groups in total. The molecule has 1 aromatic heterocycles. The highest BCUT2D eigenvalue weighted by Gasteiger charge is 2.44. The number of hydrogen-bond donors (Lipinski definition) is 1. The van der Waals surface area contributed by atoms with Gasteiger partial charge in [0.1, 0.15) is 6.10 Å². The second kappa shape index (κ2) is 4.87. The van der Waals surface area contributed by atoms with Crippen molar-refractivity contribution in [3.8, 4) is 0 Å². The van der Waals surface area contributed by atoms with Gasteiger partial charge in [0.05, 0.1) is 0 Å². The monoisotopic (exact) mass is 254 g/mol. The maximum Gasteiger partial charge on any atom is 0.330 e. The van der Waals surface area contributed by atoms with Crippen LogP contribution in [0.2, 0.25) is 0 Å². The SMILES string of the molecule is CC[C@H]1O[C@@H](n2ccc(=O)[nH]c2=O)[C@H](OC)C1=O. The molecular formula is C11H14N2O5. The molecule has 0 bridgehead atoms. The van der Waals surface area contributed by atoms with Gasteiger partial charge in [0.25, 0.3) is 5.56 Å². The van der Waals surface area contributed by atoms with Crippen LogP contribution >= 0.6 is 0 Å². The number of aromatic nitrogens is 2. The Morgan fingerprint density at radius 1 is 1.44 bits per heavy atom. The van der Waals surface area contributed by atoms with E-state index in [9.17, 15) is 14.4 Å². The highest BCUT2D eigenvalue weighted by molar-refractivity contribution is 5.89. The summed E-state index contributed by atoms with van der Waals surface area (Å²) >= 11 is 0. The first-order chi connectivity index (χ1) is 8.58. The van der Waals surface area contributed by atoms with Crippen LogP contribution in [0.1, 0.15) is 19.6 Å². The van der Waals surface area contributed by atoms with Crippen molar-refractivity contribution in [2.75, 3.05) is 7.11 Å². The molecule has 0 aliphatic carbocycles. The molecule has 18 heavy (non-hydrogen) atoms. The Labute approximate surface area is 102 Å². The molecule has 0 aromatic carbocycles. The summed E-state index contributed by atoms with van der Waals surface area (Å²) in [5.74, 6) is -0.192. The van der Waals surface area contributed by atoms with Crippen molar-refractivity contribution in [2.24, 2.45) is 0 Å². The minimum atomic E-state index is -0.836. The van der Waals surface area contributed by atoms with Crippen LogP contribution in [-0.4, -0.2) is 34.7 Å². The molecule has 0 saturated carbocycles. The van der Waals surface area contributed by atoms with Gasteiger partial charge in [-0.25, -0.2) is 4.79 Å². The van der Waals surface area contributed by atoms with E-state index in [4.69, 9.17) is 9.47 Å². The molecule has 1 aliphatic heterocycles. The van der Waals surface area contributed by atoms with Crippen LogP contribution in [-0.2, 0) is 14.3 Å². The predicted octanol–water partition coefficient (Wildman–Crippen LogP) is -0.572. The number of H-pyrrole nitrogens is 1. The third kappa shape index (κ3) is 2.02. The number of ketones is 1. The zero-order valence-electron chi connectivity index (χ0n) is 10.1. The van der Waals surface area contributed by atoms with Gasteiger partial charge in [-0.2, -0.15) is 0 Å². The smallest absolute Gasteiger partial charge is 0.330 e. The average Bonchev–Trinajstić information content (AvgIpc) is 2.65. The van der Waals surface area contributed by atoms with Gasteiger partial charge < -0.3 is 9.47 Å². The summed E-state index contributed by atoms with van der Waals surface area (Å²) in [6.07, 6.45) is -0.453. The number of methoxy groups -OCH3 is 1. The van der Waals surface area contributed by atoms with E-state index < -0.39 is 29.7 Å². The summed E-state index contributed by atoms with van der Waals surface area (Å²) in [5, 5.41) is 0. The number of rotatable bonds is 3. The molecule has 1 fully saturated rings. The number of hydrogen-bond acceptors (Lipinski definition) is 5. The molecule has 7 nitrogen and oxygen atoms in total. The minimum absolute atomic E-state index is 0.192. The molecule has 2 heterocycles. The van der Waals surface area contributed by atoms with Crippen molar-refractivity contribution < 1.29 is 14.3 Å². The molecule has 1 aliphatic rings. The predicted molar refractivity (Wildman–Crippen MR) is 61.3 cm³/mol. The summed E-state index contributed by atoms with van der Waals surface area (Å²) in [7, 11) is 1.38. The van der Waals surface area contributed by atoms with Crippen molar-refractivity contribution in [3.05, 3.63) is 33.1 Å². The summed E-state index contributed by atoms with van der Waals surface area (Å²) in [6.45, 7) is 1.81. The van der Waals surface area contributed by atoms with E-state index in [1.165, 1.54) is 19.4 Å². The summed E-state index contributed by atoms with van der Waals surface area (Å²) in [6, 6.07) is 1.20. The fourth-order valence-corrected chi connectivity index (χ4v) is 2.00. The summed E-state index contributed by atoms with van der Waals surface area (Å²) in [5.41, 5.74) is -1.12. The van der Waals surface area contributed by atoms with Crippen LogP contribution in [0.25, 0.3) is 0 Å². The molecule has 0 spiro atoms. The molecule has 1 saturated heterocycles. The van der Waals surface area contributed by atoms with Crippen LogP contribution in [0.4, 0.5) is 0 Å². The van der Waals surface area contributed by atoms with E-state index in [-0.39, 0.29) is 5.78 Å². The molecular weight excluding hydrogens is 240 g/mol. The fraction of sp³-hybridized carbons (Fsp3) is 0.545. The number of carbonyl (C=O) groups is 1. The van der Waals surface area contributed by atoms with Crippen molar-refractivity contribution in [1.29, 1.82) is 0 Å². The zero-order valence-corrected chi connectivity index (χ0v) is 10.1.